The van der Waals surface area contributed by atoms with Crippen molar-refractivity contribution in [1.82, 2.24) is 9.97 Å². The van der Waals surface area contributed by atoms with Gasteiger partial charge < -0.3 is 15.1 Å². The Balaban J connectivity index is 2.13. The number of halogens is 1. The van der Waals surface area contributed by atoms with Gasteiger partial charge in [0.15, 0.2) is 11.4 Å². The molecular formula is C11H11ClN4O2. The predicted octanol–water partition coefficient (Wildman–Crippen LogP) is 1.33. The molecule has 94 valence electrons. The first-order valence-electron chi connectivity index (χ1n) is 5.63. The van der Waals surface area contributed by atoms with Crippen molar-refractivity contribution in [3.05, 3.63) is 17.6 Å². The number of rotatable bonds is 2. The molecule has 7 heteroatoms. The van der Waals surface area contributed by atoms with Gasteiger partial charge >= 0.3 is 0 Å². The maximum Gasteiger partial charge on any atom is 0.240 e. The third-order valence-corrected chi connectivity index (χ3v) is 3.28. The molecule has 18 heavy (non-hydrogen) atoms. The van der Waals surface area contributed by atoms with Crippen molar-refractivity contribution in [3.63, 3.8) is 0 Å². The number of primary amides is 1. The van der Waals surface area contributed by atoms with E-state index in [4.69, 9.17) is 21.8 Å². The van der Waals surface area contributed by atoms with Gasteiger partial charge in [0, 0.05) is 12.6 Å². The van der Waals surface area contributed by atoms with Crippen LogP contribution in [0.4, 0.5) is 5.82 Å². The molecule has 2 N–H and O–H groups in total. The third-order valence-electron chi connectivity index (χ3n) is 3.11. The summed E-state index contributed by atoms with van der Waals surface area (Å²) in [6.45, 7) is 0.705. The van der Waals surface area contributed by atoms with E-state index in [9.17, 15) is 4.79 Å². The summed E-state index contributed by atoms with van der Waals surface area (Å²) in [5.41, 5.74) is 6.56. The lowest BCUT2D eigenvalue weighted by atomic mass is 10.2. The zero-order chi connectivity index (χ0) is 12.7. The largest absolute Gasteiger partial charge is 0.459 e. The molecule has 1 saturated heterocycles. The monoisotopic (exact) mass is 266 g/mol. The zero-order valence-electron chi connectivity index (χ0n) is 9.47. The molecule has 0 aliphatic carbocycles. The van der Waals surface area contributed by atoms with Gasteiger partial charge in [-0.15, -0.1) is 0 Å². The Labute approximate surface area is 108 Å². The summed E-state index contributed by atoms with van der Waals surface area (Å²) >= 11 is 5.88. The molecule has 3 rings (SSSR count). The van der Waals surface area contributed by atoms with Crippen LogP contribution in [0, 0.1) is 0 Å². The fourth-order valence-corrected chi connectivity index (χ4v) is 2.50. The highest BCUT2D eigenvalue weighted by Crippen LogP contribution is 2.31. The van der Waals surface area contributed by atoms with Crippen molar-refractivity contribution in [2.24, 2.45) is 5.73 Å². The molecule has 1 unspecified atom stereocenters. The number of aromatic nitrogens is 2. The summed E-state index contributed by atoms with van der Waals surface area (Å²) in [4.78, 5) is 21.5. The highest BCUT2D eigenvalue weighted by atomic mass is 35.5. The molecule has 1 amide bonds. The molecule has 1 atom stereocenters. The fourth-order valence-electron chi connectivity index (χ4n) is 2.33. The van der Waals surface area contributed by atoms with Gasteiger partial charge in [-0.1, -0.05) is 0 Å². The molecular weight excluding hydrogens is 256 g/mol. The number of amides is 1. The van der Waals surface area contributed by atoms with Gasteiger partial charge in [0.25, 0.3) is 0 Å². The number of fused-ring (bicyclic) bond motifs is 1. The quantitative estimate of drug-likeness (QED) is 0.829. The first-order valence-corrected chi connectivity index (χ1v) is 6.01. The summed E-state index contributed by atoms with van der Waals surface area (Å²) in [5, 5.41) is 0.133. The van der Waals surface area contributed by atoms with E-state index >= 15 is 0 Å². The van der Waals surface area contributed by atoms with Gasteiger partial charge in [0.1, 0.15) is 11.6 Å². The van der Waals surface area contributed by atoms with E-state index in [1.54, 1.807) is 6.07 Å². The molecule has 2 aromatic heterocycles. The van der Waals surface area contributed by atoms with E-state index in [1.165, 1.54) is 6.26 Å². The Morgan fingerprint density at radius 1 is 1.56 bits per heavy atom. The van der Waals surface area contributed by atoms with Crippen LogP contribution in [-0.2, 0) is 4.79 Å². The van der Waals surface area contributed by atoms with Gasteiger partial charge in [-0.2, -0.15) is 4.98 Å². The average Bonchev–Trinajstić information content (AvgIpc) is 2.95. The second-order valence-corrected chi connectivity index (χ2v) is 4.54. The number of hydrogen-bond acceptors (Lipinski definition) is 5. The second-order valence-electron chi connectivity index (χ2n) is 4.20. The van der Waals surface area contributed by atoms with Crippen molar-refractivity contribution in [2.75, 3.05) is 11.4 Å². The van der Waals surface area contributed by atoms with E-state index in [-0.39, 0.29) is 17.2 Å². The summed E-state index contributed by atoms with van der Waals surface area (Å²) in [6, 6.07) is 1.35. The summed E-state index contributed by atoms with van der Waals surface area (Å²) in [5.74, 6) is 0.179. The topological polar surface area (TPSA) is 85.3 Å². The first kappa shape index (κ1) is 11.3. The maximum absolute atomic E-state index is 11.4. The van der Waals surface area contributed by atoms with Crippen molar-refractivity contribution in [1.29, 1.82) is 0 Å². The number of anilines is 1. The highest BCUT2D eigenvalue weighted by molar-refractivity contribution is 6.28. The lowest BCUT2D eigenvalue weighted by Gasteiger charge is -2.22. The van der Waals surface area contributed by atoms with Gasteiger partial charge in [0.05, 0.1) is 6.26 Å². The van der Waals surface area contributed by atoms with Crippen LogP contribution in [0.3, 0.4) is 0 Å². The normalized spacial score (nSPS) is 19.6. The van der Waals surface area contributed by atoms with Crippen molar-refractivity contribution in [2.45, 2.75) is 18.9 Å². The molecule has 0 saturated carbocycles. The minimum absolute atomic E-state index is 0.133. The number of carbonyl (C=O) groups excluding carboxylic acids is 1. The average molecular weight is 267 g/mol. The van der Waals surface area contributed by atoms with Crippen molar-refractivity contribution < 1.29 is 9.21 Å². The Bertz CT molecular complexity index is 612. The van der Waals surface area contributed by atoms with Crippen LogP contribution in [0.5, 0.6) is 0 Å². The highest BCUT2D eigenvalue weighted by Gasteiger charge is 2.32. The summed E-state index contributed by atoms with van der Waals surface area (Å²) < 4.78 is 5.37. The Morgan fingerprint density at radius 3 is 3.17 bits per heavy atom. The number of furan rings is 1. The van der Waals surface area contributed by atoms with Crippen LogP contribution < -0.4 is 10.6 Å². The number of nitrogens with zero attached hydrogens (tertiary/aromatic N) is 3. The van der Waals surface area contributed by atoms with Crippen LogP contribution in [0.2, 0.25) is 5.28 Å². The minimum atomic E-state index is -0.359. The molecule has 1 aliphatic heterocycles. The molecule has 0 spiro atoms. The molecule has 0 bridgehead atoms. The van der Waals surface area contributed by atoms with Gasteiger partial charge in [-0.05, 0) is 24.4 Å². The number of carbonyl (C=O) groups is 1. The van der Waals surface area contributed by atoms with Gasteiger partial charge in [-0.3, -0.25) is 4.79 Å². The van der Waals surface area contributed by atoms with Gasteiger partial charge in [-0.25, -0.2) is 4.98 Å². The van der Waals surface area contributed by atoms with Crippen LogP contribution in [0.15, 0.2) is 16.7 Å². The van der Waals surface area contributed by atoms with E-state index in [0.29, 0.717) is 23.5 Å². The Morgan fingerprint density at radius 2 is 2.39 bits per heavy atom. The first-order chi connectivity index (χ1) is 8.66. The summed E-state index contributed by atoms with van der Waals surface area (Å²) in [6.07, 6.45) is 3.13. The van der Waals surface area contributed by atoms with E-state index in [1.807, 2.05) is 4.90 Å². The van der Waals surface area contributed by atoms with E-state index in [2.05, 4.69) is 9.97 Å². The molecule has 3 heterocycles. The van der Waals surface area contributed by atoms with Crippen molar-refractivity contribution >= 4 is 34.4 Å². The van der Waals surface area contributed by atoms with E-state index in [0.717, 1.165) is 12.8 Å². The molecule has 6 nitrogen and oxygen atoms in total. The second kappa shape index (κ2) is 4.13. The summed E-state index contributed by atoms with van der Waals surface area (Å²) in [7, 11) is 0. The predicted molar refractivity (Wildman–Crippen MR) is 66.4 cm³/mol. The standard InChI is InChI=1S/C11H11ClN4O2/c12-11-14-6-3-5-18-8(6)10(15-11)16-4-1-2-7(16)9(13)17/h3,5,7H,1-2,4H2,(H2,13,17). The smallest absolute Gasteiger partial charge is 0.240 e. The van der Waals surface area contributed by atoms with Crippen LogP contribution >= 0.6 is 11.6 Å². The SMILES string of the molecule is NC(=O)C1CCCN1c1nc(Cl)nc2ccoc12. The molecule has 2 aromatic rings. The lowest BCUT2D eigenvalue weighted by molar-refractivity contribution is -0.119. The Hall–Kier alpha value is -1.82. The third kappa shape index (κ3) is 1.69. The number of hydrogen-bond donors (Lipinski definition) is 1. The molecule has 1 aliphatic rings. The van der Waals surface area contributed by atoms with E-state index < -0.39 is 0 Å². The zero-order valence-corrected chi connectivity index (χ0v) is 10.2. The van der Waals surface area contributed by atoms with Crippen LogP contribution in [-0.4, -0.2) is 28.5 Å². The van der Waals surface area contributed by atoms with Crippen molar-refractivity contribution in [3.8, 4) is 0 Å². The lowest BCUT2D eigenvalue weighted by Crippen LogP contribution is -2.40. The number of nitrogens with two attached hydrogens (primary N) is 1. The molecule has 0 radical (unpaired) electrons. The minimum Gasteiger partial charge on any atom is -0.459 e. The Kier molecular flexibility index (Phi) is 2.59. The molecule has 0 aromatic carbocycles. The van der Waals surface area contributed by atoms with Crippen LogP contribution in [0.1, 0.15) is 12.8 Å². The maximum atomic E-state index is 11.4. The van der Waals surface area contributed by atoms with Crippen LogP contribution in [0.25, 0.3) is 11.1 Å². The molecule has 1 fully saturated rings. The fraction of sp³-hybridized carbons (Fsp3) is 0.364. The van der Waals surface area contributed by atoms with Gasteiger partial charge in [0.2, 0.25) is 11.2 Å².